The lowest BCUT2D eigenvalue weighted by atomic mass is 9.45. The van der Waals surface area contributed by atoms with E-state index in [-0.39, 0.29) is 35.3 Å². The molecule has 4 heteroatoms. The first-order valence-corrected chi connectivity index (χ1v) is 10.3. The summed E-state index contributed by atoms with van der Waals surface area (Å²) < 4.78 is 5.73. The van der Waals surface area contributed by atoms with Crippen molar-refractivity contribution in [1.29, 1.82) is 0 Å². The van der Waals surface area contributed by atoms with Gasteiger partial charge >= 0.3 is 5.97 Å². The first-order valence-electron chi connectivity index (χ1n) is 10.3. The van der Waals surface area contributed by atoms with Crippen LogP contribution in [0.15, 0.2) is 11.6 Å². The number of hydrogen-bond donors (Lipinski definition) is 1. The van der Waals surface area contributed by atoms with Gasteiger partial charge < -0.3 is 9.84 Å². The van der Waals surface area contributed by atoms with E-state index in [9.17, 15) is 14.7 Å². The topological polar surface area (TPSA) is 63.6 Å². The van der Waals surface area contributed by atoms with Crippen LogP contribution in [0.2, 0.25) is 0 Å². The zero-order valence-corrected chi connectivity index (χ0v) is 16.3. The van der Waals surface area contributed by atoms with Crippen molar-refractivity contribution in [1.82, 2.24) is 0 Å². The SMILES string of the molecule is CC(=O)O[C@H]1CC[C@H]2[C@@H]3[C@H](C)CC4=CC(=O)CC[C@]4(CO)[C@H]3CC[C@]12C. The standard InChI is InChI=1S/C22H32O4/c1-13-10-15-11-16(25)6-9-22(15,12-23)18-7-8-21(3)17(20(13)18)4-5-19(21)26-14(2)24/h11,13,17-20,23H,4-10,12H2,1-3H3/t13-,17+,18+,19+,20+,21+,22-/m1/s1. The molecule has 0 amide bonds. The number of esters is 1. The van der Waals surface area contributed by atoms with Gasteiger partial charge in [-0.25, -0.2) is 0 Å². The largest absolute Gasteiger partial charge is 0.462 e. The summed E-state index contributed by atoms with van der Waals surface area (Å²) in [4.78, 5) is 23.6. The van der Waals surface area contributed by atoms with Gasteiger partial charge in [0.15, 0.2) is 5.78 Å². The second-order valence-corrected chi connectivity index (χ2v) is 9.64. The summed E-state index contributed by atoms with van der Waals surface area (Å²) in [7, 11) is 0. The number of aliphatic hydroxyl groups excluding tert-OH is 1. The molecule has 0 unspecified atom stereocenters. The molecule has 3 fully saturated rings. The van der Waals surface area contributed by atoms with E-state index in [1.165, 1.54) is 12.5 Å². The van der Waals surface area contributed by atoms with Crippen LogP contribution in [0.4, 0.5) is 0 Å². The van der Waals surface area contributed by atoms with Crippen LogP contribution in [-0.2, 0) is 14.3 Å². The van der Waals surface area contributed by atoms with E-state index < -0.39 is 0 Å². The van der Waals surface area contributed by atoms with Gasteiger partial charge in [-0.05, 0) is 68.3 Å². The van der Waals surface area contributed by atoms with Gasteiger partial charge in [0, 0.05) is 24.2 Å². The summed E-state index contributed by atoms with van der Waals surface area (Å²) in [5, 5.41) is 10.4. The third kappa shape index (κ3) is 2.44. The number of fused-ring (bicyclic) bond motifs is 5. The van der Waals surface area contributed by atoms with Crippen molar-refractivity contribution in [3.8, 4) is 0 Å². The minimum Gasteiger partial charge on any atom is -0.462 e. The molecule has 0 aromatic carbocycles. The molecule has 1 N–H and O–H groups in total. The molecule has 0 spiro atoms. The number of aliphatic hydroxyl groups is 1. The number of carbonyl (C=O) groups excluding carboxylic acids is 2. The fraction of sp³-hybridized carbons (Fsp3) is 0.818. The molecule has 0 aromatic rings. The molecule has 3 saturated carbocycles. The van der Waals surface area contributed by atoms with Gasteiger partial charge in [-0.15, -0.1) is 0 Å². The van der Waals surface area contributed by atoms with E-state index in [0.717, 1.165) is 38.5 Å². The molecule has 26 heavy (non-hydrogen) atoms. The van der Waals surface area contributed by atoms with Crippen molar-refractivity contribution in [2.45, 2.75) is 71.8 Å². The van der Waals surface area contributed by atoms with Crippen molar-refractivity contribution in [2.24, 2.45) is 34.5 Å². The molecule has 144 valence electrons. The summed E-state index contributed by atoms with van der Waals surface area (Å²) in [6.45, 7) is 6.32. The Bertz CT molecular complexity index is 653. The quantitative estimate of drug-likeness (QED) is 0.763. The van der Waals surface area contributed by atoms with Gasteiger partial charge in [0.05, 0.1) is 6.61 Å². The van der Waals surface area contributed by atoms with E-state index in [1.54, 1.807) is 0 Å². The van der Waals surface area contributed by atoms with Crippen LogP contribution in [0.3, 0.4) is 0 Å². The first-order chi connectivity index (χ1) is 12.3. The van der Waals surface area contributed by atoms with Crippen molar-refractivity contribution in [3.63, 3.8) is 0 Å². The molecular weight excluding hydrogens is 328 g/mol. The smallest absolute Gasteiger partial charge is 0.302 e. The van der Waals surface area contributed by atoms with Crippen LogP contribution in [0.25, 0.3) is 0 Å². The number of hydrogen-bond acceptors (Lipinski definition) is 4. The van der Waals surface area contributed by atoms with Gasteiger partial charge in [-0.1, -0.05) is 19.4 Å². The van der Waals surface area contributed by atoms with Crippen LogP contribution in [0, 0.1) is 34.5 Å². The molecule has 4 aliphatic carbocycles. The highest BCUT2D eigenvalue weighted by molar-refractivity contribution is 5.91. The highest BCUT2D eigenvalue weighted by Gasteiger charge is 2.62. The average Bonchev–Trinajstić information content (AvgIpc) is 2.91. The number of rotatable bonds is 2. The zero-order valence-electron chi connectivity index (χ0n) is 16.3. The average molecular weight is 360 g/mol. The lowest BCUT2D eigenvalue weighted by Crippen LogP contribution is -2.56. The summed E-state index contributed by atoms with van der Waals surface area (Å²) in [5.74, 6) is 2.11. The molecule has 4 nitrogen and oxygen atoms in total. The molecule has 0 heterocycles. The van der Waals surface area contributed by atoms with Crippen molar-refractivity contribution < 1.29 is 19.4 Å². The molecule has 0 aromatic heterocycles. The molecule has 7 atom stereocenters. The summed E-state index contributed by atoms with van der Waals surface area (Å²) in [5.41, 5.74) is 1.08. The number of ketones is 1. The Morgan fingerprint density at radius 3 is 2.73 bits per heavy atom. The Kier molecular flexibility index (Phi) is 4.33. The second-order valence-electron chi connectivity index (χ2n) is 9.64. The van der Waals surface area contributed by atoms with E-state index in [0.29, 0.717) is 30.1 Å². The Labute approximate surface area is 156 Å². The lowest BCUT2D eigenvalue weighted by molar-refractivity contribution is -0.159. The van der Waals surface area contributed by atoms with E-state index in [4.69, 9.17) is 4.74 Å². The Hall–Kier alpha value is -1.16. The van der Waals surface area contributed by atoms with E-state index >= 15 is 0 Å². The summed E-state index contributed by atoms with van der Waals surface area (Å²) >= 11 is 0. The Balaban J connectivity index is 1.69. The van der Waals surface area contributed by atoms with Gasteiger partial charge in [0.2, 0.25) is 0 Å². The van der Waals surface area contributed by atoms with Gasteiger partial charge in [0.25, 0.3) is 0 Å². The first kappa shape index (κ1) is 18.2. The van der Waals surface area contributed by atoms with Crippen LogP contribution in [0.5, 0.6) is 0 Å². The van der Waals surface area contributed by atoms with Crippen molar-refractivity contribution in [2.75, 3.05) is 6.61 Å². The molecular formula is C22H32O4. The molecule has 4 rings (SSSR count). The summed E-state index contributed by atoms with van der Waals surface area (Å²) in [6, 6.07) is 0. The third-order valence-corrected chi connectivity index (χ3v) is 8.54. The highest BCUT2D eigenvalue weighted by atomic mass is 16.5. The van der Waals surface area contributed by atoms with Crippen molar-refractivity contribution in [3.05, 3.63) is 11.6 Å². The van der Waals surface area contributed by atoms with Crippen LogP contribution in [-0.4, -0.2) is 29.6 Å². The zero-order chi connectivity index (χ0) is 18.7. The number of ether oxygens (including phenoxy) is 1. The monoisotopic (exact) mass is 360 g/mol. The predicted molar refractivity (Wildman–Crippen MR) is 98.2 cm³/mol. The summed E-state index contributed by atoms with van der Waals surface area (Å²) in [6.07, 6.45) is 8.38. The van der Waals surface area contributed by atoms with E-state index in [1.807, 2.05) is 6.08 Å². The Morgan fingerprint density at radius 2 is 2.04 bits per heavy atom. The molecule has 0 aliphatic heterocycles. The van der Waals surface area contributed by atoms with Crippen LogP contribution >= 0.6 is 0 Å². The maximum absolute atomic E-state index is 12.0. The van der Waals surface area contributed by atoms with Gasteiger partial charge in [0.1, 0.15) is 6.10 Å². The second kappa shape index (κ2) is 6.19. The van der Waals surface area contributed by atoms with Gasteiger partial charge in [-0.2, -0.15) is 0 Å². The minimum atomic E-state index is -0.189. The van der Waals surface area contributed by atoms with E-state index in [2.05, 4.69) is 13.8 Å². The Morgan fingerprint density at radius 1 is 1.27 bits per heavy atom. The molecule has 4 aliphatic rings. The molecule has 0 saturated heterocycles. The molecule has 0 radical (unpaired) electrons. The maximum atomic E-state index is 12.0. The lowest BCUT2D eigenvalue weighted by Gasteiger charge is -2.60. The predicted octanol–water partition coefficient (Wildman–Crippen LogP) is 3.67. The van der Waals surface area contributed by atoms with Crippen LogP contribution in [0.1, 0.15) is 65.7 Å². The minimum absolute atomic E-state index is 0.0353. The normalized spacial score (nSPS) is 47.5. The number of carbonyl (C=O) groups is 2. The third-order valence-electron chi connectivity index (χ3n) is 8.54. The fourth-order valence-corrected chi connectivity index (χ4v) is 7.36. The van der Waals surface area contributed by atoms with Crippen LogP contribution < -0.4 is 0 Å². The molecule has 0 bridgehead atoms. The van der Waals surface area contributed by atoms with Crippen molar-refractivity contribution >= 4 is 11.8 Å². The highest BCUT2D eigenvalue weighted by Crippen LogP contribution is 2.66. The van der Waals surface area contributed by atoms with Gasteiger partial charge in [-0.3, -0.25) is 9.59 Å². The maximum Gasteiger partial charge on any atom is 0.302 e. The fourth-order valence-electron chi connectivity index (χ4n) is 7.36.